The van der Waals surface area contributed by atoms with Crippen molar-refractivity contribution in [3.63, 3.8) is 0 Å². The van der Waals surface area contributed by atoms with Crippen LogP contribution in [0.2, 0.25) is 0 Å². The summed E-state index contributed by atoms with van der Waals surface area (Å²) in [5.41, 5.74) is 6.24. The molecule has 0 saturated heterocycles. The molecule has 0 atom stereocenters. The van der Waals surface area contributed by atoms with E-state index < -0.39 is 12.6 Å². The molecular weight excluding hydrogens is 341 g/mol. The average Bonchev–Trinajstić information content (AvgIpc) is 2.66. The van der Waals surface area contributed by atoms with E-state index in [9.17, 15) is 14.1 Å². The van der Waals surface area contributed by atoms with E-state index in [0.717, 1.165) is 0 Å². The number of methoxy groups -OCH3 is 1. The van der Waals surface area contributed by atoms with E-state index in [2.05, 4.69) is 10.2 Å². The average molecular weight is 355 g/mol. The summed E-state index contributed by atoms with van der Waals surface area (Å²) in [5.74, 6) is 0.348. The van der Waals surface area contributed by atoms with Crippen molar-refractivity contribution in [2.45, 2.75) is 6.67 Å². The Morgan fingerprint density at radius 3 is 2.69 bits per heavy atom. The van der Waals surface area contributed by atoms with Crippen molar-refractivity contribution in [3.8, 4) is 17.2 Å². The number of halogens is 1. The Hall–Kier alpha value is -3.55. The zero-order chi connectivity index (χ0) is 18.7. The largest absolute Gasteiger partial charge is 0.496 e. The van der Waals surface area contributed by atoms with E-state index in [0.29, 0.717) is 28.2 Å². The van der Waals surface area contributed by atoms with Crippen LogP contribution in [0.25, 0.3) is 10.9 Å². The van der Waals surface area contributed by atoms with E-state index >= 15 is 0 Å². The summed E-state index contributed by atoms with van der Waals surface area (Å²) < 4.78 is 24.0. The minimum absolute atomic E-state index is 0.0141. The third-order valence-corrected chi connectivity index (χ3v) is 3.81. The normalized spacial score (nSPS) is 10.5. The number of nitrogens with zero attached hydrogens (tertiary/aromatic N) is 2. The van der Waals surface area contributed by atoms with E-state index in [1.807, 2.05) is 0 Å². The van der Waals surface area contributed by atoms with Crippen molar-refractivity contribution in [2.24, 2.45) is 10.9 Å². The van der Waals surface area contributed by atoms with Crippen LogP contribution in [0.3, 0.4) is 0 Å². The molecule has 0 aliphatic carbocycles. The molecule has 1 heterocycles. The summed E-state index contributed by atoms with van der Waals surface area (Å²) in [6.45, 7) is -0.849. The summed E-state index contributed by atoms with van der Waals surface area (Å²) in [4.78, 5) is 26.5. The highest BCUT2D eigenvalue weighted by molar-refractivity contribution is 6.01. The molecule has 3 aromatic rings. The van der Waals surface area contributed by atoms with E-state index in [-0.39, 0.29) is 16.8 Å². The first kappa shape index (κ1) is 17.3. The third kappa shape index (κ3) is 3.16. The van der Waals surface area contributed by atoms with Gasteiger partial charge in [0.2, 0.25) is 0 Å². The molecule has 3 rings (SSSR count). The zero-order valence-corrected chi connectivity index (χ0v) is 13.7. The highest BCUT2D eigenvalue weighted by Gasteiger charge is 2.15. The topological polar surface area (TPSA) is 104 Å². The van der Waals surface area contributed by atoms with E-state index in [4.69, 9.17) is 15.2 Å². The Morgan fingerprint density at radius 2 is 2.04 bits per heavy atom. The highest BCUT2D eigenvalue weighted by atomic mass is 19.1. The molecular formula is C18H14FN3O4. The number of nitroso groups, excluding NO2 is 1. The number of aromatic nitrogens is 1. The minimum Gasteiger partial charge on any atom is -0.496 e. The fraction of sp³-hybridized carbons (Fsp3) is 0.111. The van der Waals surface area contributed by atoms with Crippen LogP contribution in [0, 0.1) is 4.91 Å². The second-order valence-corrected chi connectivity index (χ2v) is 5.36. The van der Waals surface area contributed by atoms with Gasteiger partial charge in [0.15, 0.2) is 0 Å². The standard InChI is InChI=1S/C18H14FN3O4/c1-25-17-8-15-12(7-13(17)18(20)23)16(4-5-21-15)26-11-2-3-14(22-24)10(6-11)9-19/h2-8H,9H2,1H3,(H2,20,23). The van der Waals surface area contributed by atoms with Crippen LogP contribution in [0.15, 0.2) is 47.8 Å². The number of rotatable bonds is 6. The fourth-order valence-electron chi connectivity index (χ4n) is 2.55. The number of fused-ring (bicyclic) bond motifs is 1. The smallest absolute Gasteiger partial charge is 0.252 e. The number of alkyl halides is 1. The van der Waals surface area contributed by atoms with Crippen molar-refractivity contribution in [1.82, 2.24) is 4.98 Å². The first-order valence-electron chi connectivity index (χ1n) is 7.54. The number of hydrogen-bond acceptors (Lipinski definition) is 6. The monoisotopic (exact) mass is 355 g/mol. The van der Waals surface area contributed by atoms with Gasteiger partial charge in [-0.2, -0.15) is 0 Å². The van der Waals surface area contributed by atoms with Crippen LogP contribution in [0.5, 0.6) is 17.2 Å². The molecule has 0 spiro atoms. The van der Waals surface area contributed by atoms with Gasteiger partial charge in [-0.25, -0.2) is 4.39 Å². The second kappa shape index (κ2) is 7.14. The number of ether oxygens (including phenoxy) is 2. The van der Waals surface area contributed by atoms with Crippen LogP contribution >= 0.6 is 0 Å². The number of hydrogen-bond donors (Lipinski definition) is 1. The summed E-state index contributed by atoms with van der Waals surface area (Å²) in [6.07, 6.45) is 1.53. The Kier molecular flexibility index (Phi) is 4.74. The number of carbonyl (C=O) groups excluding carboxylic acids is 1. The lowest BCUT2D eigenvalue weighted by Crippen LogP contribution is -2.12. The number of carbonyl (C=O) groups is 1. The fourth-order valence-corrected chi connectivity index (χ4v) is 2.55. The Balaban J connectivity index is 2.09. The van der Waals surface area contributed by atoms with E-state index in [1.165, 1.54) is 37.6 Å². The Morgan fingerprint density at radius 1 is 1.23 bits per heavy atom. The van der Waals surface area contributed by atoms with Gasteiger partial charge >= 0.3 is 0 Å². The van der Waals surface area contributed by atoms with Gasteiger partial charge in [-0.1, -0.05) is 0 Å². The van der Waals surface area contributed by atoms with Crippen molar-refractivity contribution in [2.75, 3.05) is 7.11 Å². The van der Waals surface area contributed by atoms with Gasteiger partial charge in [0.1, 0.15) is 29.6 Å². The lowest BCUT2D eigenvalue weighted by molar-refractivity contribution is 0.0997. The van der Waals surface area contributed by atoms with Crippen LogP contribution in [0.1, 0.15) is 15.9 Å². The van der Waals surface area contributed by atoms with Gasteiger partial charge in [-0.3, -0.25) is 9.78 Å². The number of nitrogens with two attached hydrogens (primary N) is 1. The maximum Gasteiger partial charge on any atom is 0.252 e. The Labute approximate surface area is 147 Å². The first-order valence-corrected chi connectivity index (χ1v) is 7.54. The maximum atomic E-state index is 13.0. The molecule has 26 heavy (non-hydrogen) atoms. The molecule has 0 unspecified atom stereocenters. The lowest BCUT2D eigenvalue weighted by atomic mass is 10.1. The molecule has 0 aliphatic heterocycles. The minimum atomic E-state index is -0.849. The van der Waals surface area contributed by atoms with Crippen molar-refractivity contribution >= 4 is 22.5 Å². The predicted molar refractivity (Wildman–Crippen MR) is 93.6 cm³/mol. The van der Waals surface area contributed by atoms with Crippen molar-refractivity contribution in [1.29, 1.82) is 0 Å². The molecule has 1 aromatic heterocycles. The van der Waals surface area contributed by atoms with Gasteiger partial charge in [0.05, 0.1) is 18.2 Å². The first-order chi connectivity index (χ1) is 12.6. The zero-order valence-electron chi connectivity index (χ0n) is 13.7. The van der Waals surface area contributed by atoms with Crippen LogP contribution < -0.4 is 15.2 Å². The molecule has 0 fully saturated rings. The summed E-state index contributed by atoms with van der Waals surface area (Å²) in [6, 6.07) is 8.96. The summed E-state index contributed by atoms with van der Waals surface area (Å²) in [7, 11) is 1.43. The second-order valence-electron chi connectivity index (χ2n) is 5.36. The quantitative estimate of drug-likeness (QED) is 0.673. The molecule has 1 amide bonds. The molecule has 2 aromatic carbocycles. The third-order valence-electron chi connectivity index (χ3n) is 3.81. The maximum absolute atomic E-state index is 13.0. The van der Waals surface area contributed by atoms with E-state index in [1.54, 1.807) is 12.1 Å². The summed E-state index contributed by atoms with van der Waals surface area (Å²) in [5, 5.41) is 3.30. The van der Waals surface area contributed by atoms with Gasteiger partial charge in [-0.05, 0) is 35.5 Å². The van der Waals surface area contributed by atoms with Gasteiger partial charge in [0.25, 0.3) is 5.91 Å². The van der Waals surface area contributed by atoms with Crippen molar-refractivity contribution < 1.29 is 18.7 Å². The molecule has 0 radical (unpaired) electrons. The molecule has 2 N–H and O–H groups in total. The van der Waals surface area contributed by atoms with Gasteiger partial charge in [0, 0.05) is 23.2 Å². The number of amides is 1. The van der Waals surface area contributed by atoms with Crippen LogP contribution in [-0.2, 0) is 6.67 Å². The molecule has 132 valence electrons. The number of pyridine rings is 1. The Bertz CT molecular complexity index is 1010. The van der Waals surface area contributed by atoms with Crippen molar-refractivity contribution in [3.05, 3.63) is 58.6 Å². The highest BCUT2D eigenvalue weighted by Crippen LogP contribution is 2.34. The summed E-state index contributed by atoms with van der Waals surface area (Å²) >= 11 is 0. The SMILES string of the molecule is COc1cc2nccc(Oc3ccc(N=O)c(CF)c3)c2cc1C(N)=O. The van der Waals surface area contributed by atoms with Gasteiger partial charge in [-0.15, -0.1) is 4.91 Å². The number of benzene rings is 2. The predicted octanol–water partition coefficient (Wildman–Crippen LogP) is 4.00. The van der Waals surface area contributed by atoms with Crippen LogP contribution in [-0.4, -0.2) is 18.0 Å². The van der Waals surface area contributed by atoms with Gasteiger partial charge < -0.3 is 15.2 Å². The number of primary amides is 1. The molecule has 0 bridgehead atoms. The van der Waals surface area contributed by atoms with Crippen LogP contribution in [0.4, 0.5) is 10.1 Å². The molecule has 0 saturated carbocycles. The molecule has 8 heteroatoms. The lowest BCUT2D eigenvalue weighted by Gasteiger charge is -2.12. The molecule has 7 nitrogen and oxygen atoms in total. The molecule has 0 aliphatic rings.